The normalized spacial score (nSPS) is 9.43. The summed E-state index contributed by atoms with van der Waals surface area (Å²) in [6.07, 6.45) is 7.09. The average Bonchev–Trinajstić information content (AvgIpc) is 1.69. The SMILES string of the molecule is [CH2]CCC[CH]CC. The number of unbranched alkanes of at least 4 members (excludes halogenated alkanes) is 4. The molecule has 0 saturated carbocycles. The molecule has 0 heteroatoms. The van der Waals surface area contributed by atoms with Gasteiger partial charge in [0, 0.05) is 0 Å². The molecule has 0 aliphatic heterocycles. The Morgan fingerprint density at radius 1 is 1.57 bits per heavy atom. The second kappa shape index (κ2) is 6.00. The Morgan fingerprint density at radius 3 is 2.71 bits per heavy atom. The van der Waals surface area contributed by atoms with E-state index in [1.165, 1.54) is 19.3 Å². The predicted octanol–water partition coefficient (Wildman–Crippen LogP) is 2.61. The van der Waals surface area contributed by atoms with Crippen molar-refractivity contribution in [2.24, 2.45) is 0 Å². The minimum atomic E-state index is 1.08. The van der Waals surface area contributed by atoms with Gasteiger partial charge < -0.3 is 0 Å². The highest BCUT2D eigenvalue weighted by atomic mass is 13.9. The van der Waals surface area contributed by atoms with Crippen LogP contribution in [0.4, 0.5) is 0 Å². The Morgan fingerprint density at radius 2 is 2.29 bits per heavy atom. The summed E-state index contributed by atoms with van der Waals surface area (Å²) in [4.78, 5) is 0. The van der Waals surface area contributed by atoms with Crippen LogP contribution >= 0.6 is 0 Å². The van der Waals surface area contributed by atoms with Crippen molar-refractivity contribution in [2.75, 3.05) is 0 Å². The summed E-state index contributed by atoms with van der Waals surface area (Å²) in [5.41, 5.74) is 0. The lowest BCUT2D eigenvalue weighted by Gasteiger charge is -1.90. The average molecular weight is 98.2 g/mol. The van der Waals surface area contributed by atoms with Crippen molar-refractivity contribution in [2.45, 2.75) is 32.6 Å². The first-order valence-corrected chi connectivity index (χ1v) is 3.02. The van der Waals surface area contributed by atoms with Crippen molar-refractivity contribution in [1.82, 2.24) is 0 Å². The van der Waals surface area contributed by atoms with E-state index in [2.05, 4.69) is 20.3 Å². The van der Waals surface area contributed by atoms with Gasteiger partial charge in [0.25, 0.3) is 0 Å². The summed E-state index contributed by atoms with van der Waals surface area (Å²) in [5, 5.41) is 0. The van der Waals surface area contributed by atoms with Crippen LogP contribution in [-0.2, 0) is 0 Å². The maximum Gasteiger partial charge on any atom is -0.0389 e. The number of hydrogen-bond donors (Lipinski definition) is 0. The van der Waals surface area contributed by atoms with E-state index in [-0.39, 0.29) is 0 Å². The molecule has 0 aromatic heterocycles. The second-order valence-electron chi connectivity index (χ2n) is 1.69. The molecule has 0 N–H and O–H groups in total. The van der Waals surface area contributed by atoms with E-state index in [0.29, 0.717) is 0 Å². The third-order valence-electron chi connectivity index (χ3n) is 0.947. The molecule has 2 radical (unpaired) electrons. The topological polar surface area (TPSA) is 0 Å². The van der Waals surface area contributed by atoms with E-state index >= 15 is 0 Å². The lowest BCUT2D eigenvalue weighted by molar-refractivity contribution is 0.796. The van der Waals surface area contributed by atoms with Gasteiger partial charge in [0.2, 0.25) is 0 Å². The summed E-state index contributed by atoms with van der Waals surface area (Å²) < 4.78 is 0. The van der Waals surface area contributed by atoms with Crippen molar-refractivity contribution < 1.29 is 0 Å². The van der Waals surface area contributed by atoms with Crippen molar-refractivity contribution in [3.8, 4) is 0 Å². The van der Waals surface area contributed by atoms with E-state index < -0.39 is 0 Å². The monoisotopic (exact) mass is 98.1 g/mol. The van der Waals surface area contributed by atoms with Crippen molar-refractivity contribution in [3.05, 3.63) is 13.3 Å². The molecule has 0 saturated heterocycles. The van der Waals surface area contributed by atoms with Crippen molar-refractivity contribution in [1.29, 1.82) is 0 Å². The van der Waals surface area contributed by atoms with Crippen molar-refractivity contribution in [3.63, 3.8) is 0 Å². The minimum absolute atomic E-state index is 1.08. The molecule has 0 rings (SSSR count). The molecule has 0 heterocycles. The first-order valence-electron chi connectivity index (χ1n) is 3.02. The fraction of sp³-hybridized carbons (Fsp3) is 0.714. The van der Waals surface area contributed by atoms with Gasteiger partial charge >= 0.3 is 0 Å². The molecule has 0 unspecified atom stereocenters. The molecule has 0 bridgehead atoms. The lowest BCUT2D eigenvalue weighted by Crippen LogP contribution is -1.72. The smallest absolute Gasteiger partial charge is 0.0389 e. The molecule has 0 aromatic carbocycles. The van der Waals surface area contributed by atoms with Crippen LogP contribution in [-0.4, -0.2) is 0 Å². The molecule has 0 aromatic rings. The lowest BCUT2D eigenvalue weighted by atomic mass is 10.2. The summed E-state index contributed by atoms with van der Waals surface area (Å²) in [6.45, 7) is 5.91. The van der Waals surface area contributed by atoms with Gasteiger partial charge in [-0.25, -0.2) is 0 Å². The molecule has 0 aliphatic rings. The van der Waals surface area contributed by atoms with Crippen LogP contribution in [0, 0.1) is 13.3 Å². The molecule has 0 amide bonds. The van der Waals surface area contributed by atoms with Crippen molar-refractivity contribution >= 4 is 0 Å². The zero-order valence-electron chi connectivity index (χ0n) is 5.11. The molecular weight excluding hydrogens is 84.1 g/mol. The Balaban J connectivity index is 2.45. The molecule has 0 fully saturated rings. The summed E-state index contributed by atoms with van der Waals surface area (Å²) >= 11 is 0. The Hall–Kier alpha value is 0. The van der Waals surface area contributed by atoms with Crippen LogP contribution in [0.15, 0.2) is 0 Å². The Kier molecular flexibility index (Phi) is 6.00. The Bertz CT molecular complexity index is 19.2. The predicted molar refractivity (Wildman–Crippen MR) is 33.8 cm³/mol. The zero-order chi connectivity index (χ0) is 5.54. The molecular formula is C7H14. The first kappa shape index (κ1) is 7.00. The van der Waals surface area contributed by atoms with Gasteiger partial charge in [-0.3, -0.25) is 0 Å². The van der Waals surface area contributed by atoms with Gasteiger partial charge in [0.1, 0.15) is 0 Å². The van der Waals surface area contributed by atoms with Gasteiger partial charge in [-0.1, -0.05) is 39.5 Å². The first-order chi connectivity index (χ1) is 3.41. The minimum Gasteiger partial charge on any atom is -0.0651 e. The maximum atomic E-state index is 3.74. The van der Waals surface area contributed by atoms with E-state index in [4.69, 9.17) is 0 Å². The fourth-order valence-electron chi connectivity index (χ4n) is 0.493. The second-order valence-corrected chi connectivity index (χ2v) is 1.69. The largest absolute Gasteiger partial charge is 0.0651 e. The molecule has 42 valence electrons. The fourth-order valence-corrected chi connectivity index (χ4v) is 0.493. The number of hydrogen-bond acceptors (Lipinski definition) is 0. The highest BCUT2D eigenvalue weighted by Gasteiger charge is 1.80. The van der Waals surface area contributed by atoms with Crippen LogP contribution in [0.5, 0.6) is 0 Å². The Labute approximate surface area is 46.9 Å². The maximum absolute atomic E-state index is 3.74. The van der Waals surface area contributed by atoms with Crippen LogP contribution < -0.4 is 0 Å². The van der Waals surface area contributed by atoms with E-state index in [1.54, 1.807) is 0 Å². The molecule has 0 aliphatic carbocycles. The van der Waals surface area contributed by atoms with Crippen LogP contribution in [0.1, 0.15) is 32.6 Å². The summed E-state index contributed by atoms with van der Waals surface area (Å²) in [5.74, 6) is 0. The van der Waals surface area contributed by atoms with Gasteiger partial charge in [-0.15, -0.1) is 0 Å². The van der Waals surface area contributed by atoms with Gasteiger partial charge in [-0.05, 0) is 6.42 Å². The zero-order valence-corrected chi connectivity index (χ0v) is 5.11. The quantitative estimate of drug-likeness (QED) is 0.474. The van der Waals surface area contributed by atoms with Crippen LogP contribution in [0.3, 0.4) is 0 Å². The van der Waals surface area contributed by atoms with Crippen LogP contribution in [0.2, 0.25) is 0 Å². The van der Waals surface area contributed by atoms with E-state index in [1.807, 2.05) is 0 Å². The molecule has 0 spiro atoms. The molecule has 7 heavy (non-hydrogen) atoms. The van der Waals surface area contributed by atoms with Gasteiger partial charge in [0.05, 0.1) is 0 Å². The molecule has 0 atom stereocenters. The van der Waals surface area contributed by atoms with E-state index in [0.717, 1.165) is 6.42 Å². The van der Waals surface area contributed by atoms with Gasteiger partial charge in [-0.2, -0.15) is 0 Å². The standard InChI is InChI=1S/C7H14/c1-3-5-7-6-4-2/h6H,1,3-5,7H2,2H3. The highest BCUT2D eigenvalue weighted by molar-refractivity contribution is 4.60. The highest BCUT2D eigenvalue weighted by Crippen LogP contribution is 1.98. The third kappa shape index (κ3) is 6.00. The summed E-state index contributed by atoms with van der Waals surface area (Å²) in [6, 6.07) is 0. The van der Waals surface area contributed by atoms with Crippen LogP contribution in [0.25, 0.3) is 0 Å². The molecule has 0 nitrogen and oxygen atoms in total. The third-order valence-corrected chi connectivity index (χ3v) is 0.947. The van der Waals surface area contributed by atoms with E-state index in [9.17, 15) is 0 Å². The van der Waals surface area contributed by atoms with Gasteiger partial charge in [0.15, 0.2) is 0 Å². The number of rotatable bonds is 4. The summed E-state index contributed by atoms with van der Waals surface area (Å²) in [7, 11) is 0.